The predicted molar refractivity (Wildman–Crippen MR) is 85.0 cm³/mol. The van der Waals surface area contributed by atoms with Gasteiger partial charge in [0.25, 0.3) is 0 Å². The molecule has 0 saturated carbocycles. The molecule has 0 radical (unpaired) electrons. The molecule has 0 saturated heterocycles. The topological polar surface area (TPSA) is 3.24 Å². The van der Waals surface area contributed by atoms with Crippen molar-refractivity contribution in [1.29, 1.82) is 0 Å². The van der Waals surface area contributed by atoms with Crippen molar-refractivity contribution in [3.63, 3.8) is 0 Å². The first-order chi connectivity index (χ1) is 8.94. The number of nitrogens with zero attached hydrogens (tertiary/aromatic N) is 2. The van der Waals surface area contributed by atoms with E-state index in [0.29, 0.717) is 0 Å². The van der Waals surface area contributed by atoms with Crippen LogP contribution in [0.1, 0.15) is 24.0 Å². The van der Waals surface area contributed by atoms with E-state index in [1.165, 1.54) is 37.1 Å². The summed E-state index contributed by atoms with van der Waals surface area (Å²) >= 11 is 0. The zero-order valence-corrected chi connectivity index (χ0v) is 13.0. The van der Waals surface area contributed by atoms with Gasteiger partial charge in [0, 0.05) is 5.56 Å². The van der Waals surface area contributed by atoms with Crippen molar-refractivity contribution in [3.05, 3.63) is 42.0 Å². The van der Waals surface area contributed by atoms with E-state index < -0.39 is 0 Å². The van der Waals surface area contributed by atoms with Crippen LogP contribution in [0.5, 0.6) is 0 Å². The fraction of sp³-hybridized carbons (Fsp3) is 0.529. The molecule has 2 nitrogen and oxygen atoms in total. The molecule has 0 bridgehead atoms. The highest BCUT2D eigenvalue weighted by molar-refractivity contribution is 5.51. The van der Waals surface area contributed by atoms with Gasteiger partial charge in [-0.3, -0.25) is 0 Å². The third-order valence-electron chi connectivity index (χ3n) is 3.49. The van der Waals surface area contributed by atoms with Gasteiger partial charge < -0.3 is 9.38 Å². The highest BCUT2D eigenvalue weighted by Crippen LogP contribution is 2.16. The van der Waals surface area contributed by atoms with Gasteiger partial charge in [-0.25, -0.2) is 0 Å². The Kier molecular flexibility index (Phi) is 6.26. The molecule has 1 rings (SSSR count). The number of hydrogen-bond donors (Lipinski definition) is 0. The molecule has 0 fully saturated rings. The SMILES string of the molecule is C=Cc1ccccc1C[N+](C)(C)CCCCN(C)C. The Balaban J connectivity index is 2.51. The summed E-state index contributed by atoms with van der Waals surface area (Å²) in [6.45, 7) is 7.38. The Morgan fingerprint density at radius 3 is 2.47 bits per heavy atom. The van der Waals surface area contributed by atoms with Gasteiger partial charge in [-0.15, -0.1) is 0 Å². The lowest BCUT2D eigenvalue weighted by Crippen LogP contribution is -2.40. The van der Waals surface area contributed by atoms with E-state index in [0.717, 1.165) is 11.0 Å². The molecular weight excluding hydrogens is 232 g/mol. The first-order valence-corrected chi connectivity index (χ1v) is 7.12. The fourth-order valence-corrected chi connectivity index (χ4v) is 2.39. The van der Waals surface area contributed by atoms with Crippen molar-refractivity contribution in [1.82, 2.24) is 4.90 Å². The smallest absolute Gasteiger partial charge is 0.105 e. The first kappa shape index (κ1) is 15.9. The predicted octanol–water partition coefficient (Wildman–Crippen LogP) is 3.25. The van der Waals surface area contributed by atoms with Gasteiger partial charge in [-0.05, 0) is 39.0 Å². The summed E-state index contributed by atoms with van der Waals surface area (Å²) in [5, 5.41) is 0. The maximum Gasteiger partial charge on any atom is 0.105 e. The molecule has 2 heteroatoms. The van der Waals surface area contributed by atoms with Crippen molar-refractivity contribution >= 4 is 6.08 Å². The van der Waals surface area contributed by atoms with Crippen LogP contribution < -0.4 is 0 Å². The van der Waals surface area contributed by atoms with E-state index in [1.807, 2.05) is 6.08 Å². The Morgan fingerprint density at radius 1 is 1.16 bits per heavy atom. The zero-order chi connectivity index (χ0) is 14.3. The Labute approximate surface area is 118 Å². The average molecular weight is 261 g/mol. The lowest BCUT2D eigenvalue weighted by Gasteiger charge is -2.30. The van der Waals surface area contributed by atoms with Crippen molar-refractivity contribution < 1.29 is 4.48 Å². The number of rotatable bonds is 8. The third kappa shape index (κ3) is 6.04. The summed E-state index contributed by atoms with van der Waals surface area (Å²) in [4.78, 5) is 2.26. The highest BCUT2D eigenvalue weighted by Gasteiger charge is 2.16. The Morgan fingerprint density at radius 2 is 1.84 bits per heavy atom. The highest BCUT2D eigenvalue weighted by atomic mass is 15.3. The summed E-state index contributed by atoms with van der Waals surface area (Å²) < 4.78 is 1.04. The van der Waals surface area contributed by atoms with Crippen LogP contribution in [0.4, 0.5) is 0 Å². The van der Waals surface area contributed by atoms with Crippen LogP contribution in [0.3, 0.4) is 0 Å². The van der Waals surface area contributed by atoms with E-state index in [-0.39, 0.29) is 0 Å². The molecule has 0 atom stereocenters. The minimum Gasteiger partial charge on any atom is -0.325 e. The molecular formula is C17H29N2+. The van der Waals surface area contributed by atoms with E-state index in [4.69, 9.17) is 0 Å². The van der Waals surface area contributed by atoms with E-state index in [1.54, 1.807) is 0 Å². The van der Waals surface area contributed by atoms with E-state index in [9.17, 15) is 0 Å². The summed E-state index contributed by atoms with van der Waals surface area (Å²) in [6.07, 6.45) is 4.51. The van der Waals surface area contributed by atoms with E-state index >= 15 is 0 Å². The first-order valence-electron chi connectivity index (χ1n) is 7.12. The normalized spacial score (nSPS) is 11.8. The zero-order valence-electron chi connectivity index (χ0n) is 13.0. The number of unbranched alkanes of at least 4 members (excludes halogenated alkanes) is 1. The van der Waals surface area contributed by atoms with Crippen LogP contribution >= 0.6 is 0 Å². The molecule has 0 aliphatic heterocycles. The molecule has 0 aliphatic rings. The number of quaternary nitrogens is 1. The van der Waals surface area contributed by atoms with Crippen molar-refractivity contribution in [2.24, 2.45) is 0 Å². The molecule has 0 N–H and O–H groups in total. The molecule has 1 aromatic carbocycles. The number of benzene rings is 1. The van der Waals surface area contributed by atoms with Gasteiger partial charge in [0.2, 0.25) is 0 Å². The van der Waals surface area contributed by atoms with E-state index in [2.05, 4.69) is 63.9 Å². The van der Waals surface area contributed by atoms with Crippen LogP contribution in [0.2, 0.25) is 0 Å². The number of hydrogen-bond acceptors (Lipinski definition) is 1. The molecule has 0 aliphatic carbocycles. The molecule has 0 heterocycles. The average Bonchev–Trinajstić information content (AvgIpc) is 2.35. The Bertz CT molecular complexity index is 394. The molecule has 1 aromatic rings. The van der Waals surface area contributed by atoms with Gasteiger partial charge in [-0.2, -0.15) is 0 Å². The summed E-state index contributed by atoms with van der Waals surface area (Å²) in [7, 11) is 8.91. The minimum atomic E-state index is 1.04. The summed E-state index contributed by atoms with van der Waals surface area (Å²) in [5.41, 5.74) is 2.66. The molecule has 106 valence electrons. The molecule has 0 spiro atoms. The second-order valence-corrected chi connectivity index (χ2v) is 6.23. The van der Waals surface area contributed by atoms with Crippen molar-refractivity contribution in [3.8, 4) is 0 Å². The van der Waals surface area contributed by atoms with Gasteiger partial charge >= 0.3 is 0 Å². The maximum absolute atomic E-state index is 3.90. The Hall–Kier alpha value is -1.12. The lowest BCUT2D eigenvalue weighted by atomic mass is 10.1. The molecule has 0 unspecified atom stereocenters. The molecule has 0 amide bonds. The molecule has 19 heavy (non-hydrogen) atoms. The second-order valence-electron chi connectivity index (χ2n) is 6.23. The summed E-state index contributed by atoms with van der Waals surface area (Å²) in [5.74, 6) is 0. The van der Waals surface area contributed by atoms with Crippen LogP contribution in [0.25, 0.3) is 6.08 Å². The lowest BCUT2D eigenvalue weighted by molar-refractivity contribution is -0.903. The monoisotopic (exact) mass is 261 g/mol. The van der Waals surface area contributed by atoms with Crippen molar-refractivity contribution in [2.75, 3.05) is 41.3 Å². The third-order valence-corrected chi connectivity index (χ3v) is 3.49. The molecule has 0 aromatic heterocycles. The minimum absolute atomic E-state index is 1.04. The van der Waals surface area contributed by atoms with Gasteiger partial charge in [0.15, 0.2) is 0 Å². The largest absolute Gasteiger partial charge is 0.325 e. The standard InChI is InChI=1S/C17H29N2/c1-6-16-11-7-8-12-17(16)15-19(4,5)14-10-9-13-18(2)3/h6-8,11-12H,1,9-10,13-15H2,2-5H3/q+1. The quantitative estimate of drug-likeness (QED) is 0.513. The van der Waals surface area contributed by atoms with Crippen LogP contribution in [-0.4, -0.2) is 50.7 Å². The van der Waals surface area contributed by atoms with Crippen LogP contribution in [0.15, 0.2) is 30.8 Å². The fourth-order valence-electron chi connectivity index (χ4n) is 2.39. The second kappa shape index (κ2) is 7.46. The van der Waals surface area contributed by atoms with Crippen LogP contribution in [0, 0.1) is 0 Å². The summed E-state index contributed by atoms with van der Waals surface area (Å²) in [6, 6.07) is 8.57. The van der Waals surface area contributed by atoms with Gasteiger partial charge in [0.05, 0.1) is 20.6 Å². The maximum atomic E-state index is 3.90. The van der Waals surface area contributed by atoms with Crippen molar-refractivity contribution in [2.45, 2.75) is 19.4 Å². The van der Waals surface area contributed by atoms with Gasteiger partial charge in [0.1, 0.15) is 6.54 Å². The van der Waals surface area contributed by atoms with Gasteiger partial charge in [-0.1, -0.05) is 36.9 Å². The van der Waals surface area contributed by atoms with Crippen LogP contribution in [-0.2, 0) is 6.54 Å².